The standard InChI is InChI=1S/C17H18N8/c1-12(2)17-13(11-24(21-17)14-6-4-3-5-7-14)10-18-15-8-9-16-19-22-23-25(16)20-15/h3-9,11-12H,10H2,1-2H3,(H,18,20). The van der Waals surface area contributed by atoms with Crippen molar-refractivity contribution in [1.82, 2.24) is 35.0 Å². The highest BCUT2D eigenvalue weighted by atomic mass is 15.6. The second kappa shape index (κ2) is 6.31. The van der Waals surface area contributed by atoms with Crippen molar-refractivity contribution in [2.45, 2.75) is 26.3 Å². The summed E-state index contributed by atoms with van der Waals surface area (Å²) in [6.45, 7) is 4.92. The first-order valence-electron chi connectivity index (χ1n) is 8.14. The Morgan fingerprint density at radius 3 is 2.68 bits per heavy atom. The summed E-state index contributed by atoms with van der Waals surface area (Å²) < 4.78 is 3.32. The molecule has 4 rings (SSSR count). The number of rotatable bonds is 5. The van der Waals surface area contributed by atoms with Crippen LogP contribution in [0.5, 0.6) is 0 Å². The number of para-hydroxylation sites is 1. The van der Waals surface area contributed by atoms with Crippen molar-refractivity contribution in [2.75, 3.05) is 5.32 Å². The van der Waals surface area contributed by atoms with Gasteiger partial charge in [0.25, 0.3) is 0 Å². The molecule has 0 saturated heterocycles. The molecule has 0 amide bonds. The molecule has 0 fully saturated rings. The molecule has 25 heavy (non-hydrogen) atoms. The molecule has 0 unspecified atom stereocenters. The van der Waals surface area contributed by atoms with Crippen LogP contribution in [0, 0.1) is 0 Å². The monoisotopic (exact) mass is 334 g/mol. The Morgan fingerprint density at radius 1 is 1.04 bits per heavy atom. The minimum absolute atomic E-state index is 0.330. The second-order valence-electron chi connectivity index (χ2n) is 6.07. The van der Waals surface area contributed by atoms with Gasteiger partial charge in [-0.3, -0.25) is 0 Å². The average Bonchev–Trinajstić information content (AvgIpc) is 3.27. The molecule has 0 bridgehead atoms. The van der Waals surface area contributed by atoms with Crippen LogP contribution in [0.2, 0.25) is 0 Å². The molecule has 0 aliphatic rings. The van der Waals surface area contributed by atoms with E-state index in [1.165, 1.54) is 4.63 Å². The molecule has 0 radical (unpaired) electrons. The predicted octanol–water partition coefficient (Wildman–Crippen LogP) is 2.44. The molecule has 0 spiro atoms. The van der Waals surface area contributed by atoms with Gasteiger partial charge in [-0.2, -0.15) is 5.10 Å². The van der Waals surface area contributed by atoms with Crippen molar-refractivity contribution in [1.29, 1.82) is 0 Å². The Labute approximate surface area is 144 Å². The molecule has 1 N–H and O–H groups in total. The molecule has 3 heterocycles. The van der Waals surface area contributed by atoms with E-state index in [0.717, 1.165) is 16.9 Å². The Morgan fingerprint density at radius 2 is 1.88 bits per heavy atom. The Hall–Kier alpha value is -3.29. The van der Waals surface area contributed by atoms with Gasteiger partial charge in [0.05, 0.1) is 11.4 Å². The van der Waals surface area contributed by atoms with Gasteiger partial charge in [-0.25, -0.2) is 4.68 Å². The van der Waals surface area contributed by atoms with E-state index in [2.05, 4.69) is 46.0 Å². The van der Waals surface area contributed by atoms with E-state index in [0.29, 0.717) is 23.9 Å². The normalized spacial score (nSPS) is 11.3. The van der Waals surface area contributed by atoms with Crippen molar-refractivity contribution in [2.24, 2.45) is 0 Å². The summed E-state index contributed by atoms with van der Waals surface area (Å²) in [5.41, 5.74) is 3.87. The number of hydrogen-bond donors (Lipinski definition) is 1. The smallest absolute Gasteiger partial charge is 0.200 e. The molecule has 8 heteroatoms. The van der Waals surface area contributed by atoms with E-state index in [4.69, 9.17) is 5.10 Å². The number of aromatic nitrogens is 7. The van der Waals surface area contributed by atoms with Crippen molar-refractivity contribution in [3.63, 3.8) is 0 Å². The van der Waals surface area contributed by atoms with Crippen LogP contribution in [-0.2, 0) is 6.54 Å². The van der Waals surface area contributed by atoms with Crippen LogP contribution < -0.4 is 5.32 Å². The van der Waals surface area contributed by atoms with Crippen LogP contribution >= 0.6 is 0 Å². The van der Waals surface area contributed by atoms with Crippen molar-refractivity contribution < 1.29 is 0 Å². The van der Waals surface area contributed by atoms with Gasteiger partial charge in [-0.15, -0.1) is 14.8 Å². The van der Waals surface area contributed by atoms with Crippen LogP contribution in [0.1, 0.15) is 31.0 Å². The first-order chi connectivity index (χ1) is 12.2. The Bertz CT molecular complexity index is 986. The summed E-state index contributed by atoms with van der Waals surface area (Å²) in [6.07, 6.45) is 2.06. The van der Waals surface area contributed by atoms with Gasteiger partial charge < -0.3 is 5.32 Å². The predicted molar refractivity (Wildman–Crippen MR) is 93.6 cm³/mol. The summed E-state index contributed by atoms with van der Waals surface area (Å²) in [5.74, 6) is 1.04. The molecule has 8 nitrogen and oxygen atoms in total. The summed E-state index contributed by atoms with van der Waals surface area (Å²) in [7, 11) is 0. The maximum absolute atomic E-state index is 4.75. The highest BCUT2D eigenvalue weighted by Crippen LogP contribution is 2.21. The number of anilines is 1. The van der Waals surface area contributed by atoms with Crippen LogP contribution in [-0.4, -0.2) is 35.0 Å². The first kappa shape index (κ1) is 15.3. The van der Waals surface area contributed by atoms with E-state index < -0.39 is 0 Å². The summed E-state index contributed by atoms with van der Waals surface area (Å²) in [5, 5.41) is 23.7. The molecule has 0 aliphatic carbocycles. The van der Waals surface area contributed by atoms with Crippen LogP contribution in [0.15, 0.2) is 48.7 Å². The van der Waals surface area contributed by atoms with Gasteiger partial charge >= 0.3 is 0 Å². The maximum Gasteiger partial charge on any atom is 0.200 e. The Balaban J connectivity index is 1.59. The molecule has 3 aromatic heterocycles. The molecular formula is C17H18N8. The number of nitrogens with zero attached hydrogens (tertiary/aromatic N) is 7. The van der Waals surface area contributed by atoms with Crippen molar-refractivity contribution >= 4 is 11.5 Å². The van der Waals surface area contributed by atoms with Crippen LogP contribution in [0.4, 0.5) is 5.82 Å². The SMILES string of the molecule is CC(C)c1nn(-c2ccccc2)cc1CNc1ccc2nnnn2n1. The maximum atomic E-state index is 4.75. The van der Waals surface area contributed by atoms with Gasteiger partial charge in [0.1, 0.15) is 5.82 Å². The topological polar surface area (TPSA) is 85.8 Å². The minimum atomic E-state index is 0.330. The minimum Gasteiger partial charge on any atom is -0.364 e. The zero-order chi connectivity index (χ0) is 17.2. The Kier molecular flexibility index (Phi) is 3.85. The first-order valence-corrected chi connectivity index (χ1v) is 8.14. The summed E-state index contributed by atoms with van der Waals surface area (Å²) in [4.78, 5) is 0. The van der Waals surface area contributed by atoms with E-state index in [1.807, 2.05) is 47.1 Å². The number of nitrogens with one attached hydrogen (secondary N) is 1. The largest absolute Gasteiger partial charge is 0.364 e. The average molecular weight is 334 g/mol. The van der Waals surface area contributed by atoms with Crippen LogP contribution in [0.25, 0.3) is 11.3 Å². The number of tetrazole rings is 1. The highest BCUT2D eigenvalue weighted by molar-refractivity contribution is 5.43. The van der Waals surface area contributed by atoms with Gasteiger partial charge in [-0.1, -0.05) is 32.0 Å². The lowest BCUT2D eigenvalue weighted by molar-refractivity contribution is 0.733. The molecular weight excluding hydrogens is 316 g/mol. The molecule has 126 valence electrons. The second-order valence-corrected chi connectivity index (χ2v) is 6.07. The molecule has 1 aromatic carbocycles. The van der Waals surface area contributed by atoms with Crippen molar-refractivity contribution in [3.05, 3.63) is 59.9 Å². The van der Waals surface area contributed by atoms with E-state index in [-0.39, 0.29) is 0 Å². The summed E-state index contributed by atoms with van der Waals surface area (Å²) >= 11 is 0. The van der Waals surface area contributed by atoms with E-state index in [9.17, 15) is 0 Å². The number of fused-ring (bicyclic) bond motifs is 1. The zero-order valence-electron chi connectivity index (χ0n) is 14.0. The molecule has 0 aliphatic heterocycles. The number of benzene rings is 1. The third-order valence-electron chi connectivity index (χ3n) is 3.92. The summed E-state index contributed by atoms with van der Waals surface area (Å²) in [6, 6.07) is 13.8. The lowest BCUT2D eigenvalue weighted by atomic mass is 10.1. The van der Waals surface area contributed by atoms with E-state index >= 15 is 0 Å². The number of hydrogen-bond acceptors (Lipinski definition) is 6. The quantitative estimate of drug-likeness (QED) is 0.603. The lowest BCUT2D eigenvalue weighted by Gasteiger charge is -2.07. The highest BCUT2D eigenvalue weighted by Gasteiger charge is 2.13. The fourth-order valence-electron chi connectivity index (χ4n) is 2.69. The zero-order valence-corrected chi connectivity index (χ0v) is 14.0. The molecule has 0 saturated carbocycles. The molecule has 4 aromatic rings. The van der Waals surface area contributed by atoms with Gasteiger partial charge in [0, 0.05) is 18.3 Å². The molecule has 0 atom stereocenters. The fourth-order valence-corrected chi connectivity index (χ4v) is 2.69. The van der Waals surface area contributed by atoms with Crippen LogP contribution in [0.3, 0.4) is 0 Å². The third kappa shape index (κ3) is 3.06. The third-order valence-corrected chi connectivity index (χ3v) is 3.92. The van der Waals surface area contributed by atoms with Crippen molar-refractivity contribution in [3.8, 4) is 5.69 Å². The van der Waals surface area contributed by atoms with Gasteiger partial charge in [0.2, 0.25) is 0 Å². The lowest BCUT2D eigenvalue weighted by Crippen LogP contribution is -2.06. The fraction of sp³-hybridized carbons (Fsp3) is 0.235. The van der Waals surface area contributed by atoms with Gasteiger partial charge in [-0.05, 0) is 40.6 Å². The van der Waals surface area contributed by atoms with E-state index in [1.54, 1.807) is 0 Å². The van der Waals surface area contributed by atoms with Gasteiger partial charge in [0.15, 0.2) is 5.65 Å².